The van der Waals surface area contributed by atoms with E-state index in [1.807, 2.05) is 30.3 Å². The molecule has 11 heteroatoms. The molecule has 0 fully saturated rings. The highest BCUT2D eigenvalue weighted by molar-refractivity contribution is 5.94. The summed E-state index contributed by atoms with van der Waals surface area (Å²) in [4.78, 5) is 24.8. The number of oxazole rings is 1. The molecule has 0 spiro atoms. The standard InChI is InChI=1S/C23H19N7O4/c1-30-12-13(10-25-30)26-23-24-11-15(22(31)32)20(29-23)27-17-8-5-6-14(19(17)33-2)21-28-16-7-3-4-9-18(16)34-21/h3-12H,1-2H3,(H,31,32)(H2,24,26,27,29). The number of fused-ring (bicyclic) bond motifs is 1. The van der Waals surface area contributed by atoms with Crippen LogP contribution in [0, 0.1) is 0 Å². The Hall–Kier alpha value is -4.93. The number of hydrogen-bond donors (Lipinski definition) is 3. The number of carboxylic acids is 1. The maximum Gasteiger partial charge on any atom is 0.341 e. The molecule has 170 valence electrons. The molecule has 0 atom stereocenters. The van der Waals surface area contributed by atoms with Crippen molar-refractivity contribution in [2.45, 2.75) is 0 Å². The zero-order chi connectivity index (χ0) is 23.7. The van der Waals surface area contributed by atoms with Crippen molar-refractivity contribution in [3.8, 4) is 17.2 Å². The molecule has 5 aromatic rings. The zero-order valence-electron chi connectivity index (χ0n) is 18.2. The van der Waals surface area contributed by atoms with E-state index in [0.29, 0.717) is 39.7 Å². The number of carboxylic acid groups (broad SMARTS) is 1. The molecule has 3 N–H and O–H groups in total. The van der Waals surface area contributed by atoms with Gasteiger partial charge in [-0.25, -0.2) is 14.8 Å². The van der Waals surface area contributed by atoms with Crippen molar-refractivity contribution in [2.75, 3.05) is 17.7 Å². The first-order valence-corrected chi connectivity index (χ1v) is 10.2. The monoisotopic (exact) mass is 457 g/mol. The van der Waals surface area contributed by atoms with E-state index in [9.17, 15) is 9.90 Å². The molecule has 0 saturated carbocycles. The third-order valence-corrected chi connectivity index (χ3v) is 4.98. The second-order valence-electron chi connectivity index (χ2n) is 7.29. The average molecular weight is 457 g/mol. The van der Waals surface area contributed by atoms with Gasteiger partial charge in [0.15, 0.2) is 17.2 Å². The van der Waals surface area contributed by atoms with Gasteiger partial charge < -0.3 is 24.9 Å². The summed E-state index contributed by atoms with van der Waals surface area (Å²) < 4.78 is 13.2. The summed E-state index contributed by atoms with van der Waals surface area (Å²) in [6.07, 6.45) is 4.58. The van der Waals surface area contributed by atoms with Crippen molar-refractivity contribution < 1.29 is 19.1 Å². The highest BCUT2D eigenvalue weighted by atomic mass is 16.5. The van der Waals surface area contributed by atoms with Crippen LogP contribution >= 0.6 is 0 Å². The van der Waals surface area contributed by atoms with Gasteiger partial charge in [0.1, 0.15) is 11.1 Å². The largest absolute Gasteiger partial charge is 0.494 e. The Labute approximate surface area is 193 Å². The van der Waals surface area contributed by atoms with Crippen molar-refractivity contribution >= 4 is 40.2 Å². The summed E-state index contributed by atoms with van der Waals surface area (Å²) in [5, 5.41) is 19.8. The minimum absolute atomic E-state index is 0.0851. The van der Waals surface area contributed by atoms with Crippen LogP contribution in [-0.2, 0) is 7.05 Å². The van der Waals surface area contributed by atoms with Gasteiger partial charge in [0.25, 0.3) is 0 Å². The number of carbonyl (C=O) groups is 1. The summed E-state index contributed by atoms with van der Waals surface area (Å²) in [6.45, 7) is 0. The van der Waals surface area contributed by atoms with Gasteiger partial charge in [-0.05, 0) is 24.3 Å². The van der Waals surface area contributed by atoms with Gasteiger partial charge >= 0.3 is 5.97 Å². The van der Waals surface area contributed by atoms with Crippen LogP contribution in [-0.4, -0.2) is 42.9 Å². The highest BCUT2D eigenvalue weighted by Crippen LogP contribution is 2.38. The number of ether oxygens (including phenoxy) is 1. The second-order valence-corrected chi connectivity index (χ2v) is 7.29. The van der Waals surface area contributed by atoms with Gasteiger partial charge in [0.2, 0.25) is 11.8 Å². The average Bonchev–Trinajstić information content (AvgIpc) is 3.44. The van der Waals surface area contributed by atoms with E-state index in [0.717, 1.165) is 0 Å². The van der Waals surface area contributed by atoms with Crippen LogP contribution in [0.3, 0.4) is 0 Å². The molecule has 3 heterocycles. The normalized spacial score (nSPS) is 10.9. The molecular weight excluding hydrogens is 438 g/mol. The lowest BCUT2D eigenvalue weighted by atomic mass is 10.1. The van der Waals surface area contributed by atoms with Crippen LogP contribution in [0.15, 0.2) is 65.5 Å². The van der Waals surface area contributed by atoms with Gasteiger partial charge in [-0.3, -0.25) is 4.68 Å². The van der Waals surface area contributed by atoms with E-state index in [1.54, 1.807) is 36.3 Å². The Balaban J connectivity index is 1.53. The lowest BCUT2D eigenvalue weighted by Crippen LogP contribution is -2.09. The van der Waals surface area contributed by atoms with Gasteiger partial charge in [-0.2, -0.15) is 10.1 Å². The first-order valence-electron chi connectivity index (χ1n) is 10.2. The molecule has 0 aliphatic rings. The Morgan fingerprint density at radius 2 is 1.94 bits per heavy atom. The first kappa shape index (κ1) is 20.9. The molecule has 0 aliphatic heterocycles. The lowest BCUT2D eigenvalue weighted by Gasteiger charge is -2.15. The number of benzene rings is 2. The molecule has 3 aromatic heterocycles. The Morgan fingerprint density at radius 1 is 1.09 bits per heavy atom. The molecule has 2 aromatic carbocycles. The Bertz CT molecular complexity index is 1480. The molecule has 34 heavy (non-hydrogen) atoms. The number of para-hydroxylation sites is 3. The number of hydrogen-bond acceptors (Lipinski definition) is 9. The molecule has 0 amide bonds. The predicted octanol–water partition coefficient (Wildman–Crippen LogP) is 4.21. The van der Waals surface area contributed by atoms with Gasteiger partial charge in [0.05, 0.1) is 30.2 Å². The van der Waals surface area contributed by atoms with Gasteiger partial charge in [-0.15, -0.1) is 0 Å². The minimum Gasteiger partial charge on any atom is -0.494 e. The second kappa shape index (κ2) is 8.54. The number of nitrogens with one attached hydrogen (secondary N) is 2. The molecule has 0 saturated heterocycles. The number of nitrogens with zero attached hydrogens (tertiary/aromatic N) is 5. The predicted molar refractivity (Wildman–Crippen MR) is 125 cm³/mol. The number of anilines is 4. The van der Waals surface area contributed by atoms with E-state index in [1.165, 1.54) is 13.3 Å². The summed E-state index contributed by atoms with van der Waals surface area (Å²) in [5.74, 6) is -0.0893. The van der Waals surface area contributed by atoms with Crippen LogP contribution < -0.4 is 15.4 Å². The molecule has 5 rings (SSSR count). The number of aromatic nitrogens is 5. The third kappa shape index (κ3) is 3.97. The van der Waals surface area contributed by atoms with Gasteiger partial charge in [-0.1, -0.05) is 18.2 Å². The third-order valence-electron chi connectivity index (χ3n) is 4.98. The first-order chi connectivity index (χ1) is 16.5. The number of rotatable bonds is 7. The number of methoxy groups -OCH3 is 1. The van der Waals surface area contributed by atoms with Crippen LogP contribution in [0.2, 0.25) is 0 Å². The van der Waals surface area contributed by atoms with Crippen LogP contribution in [0.4, 0.5) is 23.1 Å². The molecular formula is C23H19N7O4. The fourth-order valence-electron chi connectivity index (χ4n) is 3.45. The lowest BCUT2D eigenvalue weighted by molar-refractivity contribution is 0.0697. The number of aryl methyl sites for hydroxylation is 1. The molecule has 0 unspecified atom stereocenters. The smallest absolute Gasteiger partial charge is 0.341 e. The Morgan fingerprint density at radius 3 is 2.68 bits per heavy atom. The van der Waals surface area contributed by atoms with E-state index in [-0.39, 0.29) is 17.3 Å². The van der Waals surface area contributed by atoms with Gasteiger partial charge in [0, 0.05) is 19.4 Å². The van der Waals surface area contributed by atoms with E-state index < -0.39 is 5.97 Å². The fourth-order valence-corrected chi connectivity index (χ4v) is 3.45. The van der Waals surface area contributed by atoms with E-state index in [2.05, 4.69) is 30.7 Å². The summed E-state index contributed by atoms with van der Waals surface area (Å²) >= 11 is 0. The Kier molecular flexibility index (Phi) is 5.26. The number of aromatic carboxylic acids is 1. The van der Waals surface area contributed by atoms with Crippen LogP contribution in [0.1, 0.15) is 10.4 Å². The van der Waals surface area contributed by atoms with Crippen molar-refractivity contribution in [3.63, 3.8) is 0 Å². The fraction of sp³-hybridized carbons (Fsp3) is 0.0870. The van der Waals surface area contributed by atoms with Crippen molar-refractivity contribution in [2.24, 2.45) is 7.05 Å². The minimum atomic E-state index is -1.18. The maximum atomic E-state index is 11.8. The van der Waals surface area contributed by atoms with Crippen LogP contribution in [0.5, 0.6) is 5.75 Å². The zero-order valence-corrected chi connectivity index (χ0v) is 18.2. The summed E-state index contributed by atoms with van der Waals surface area (Å²) in [5.41, 5.74) is 3.00. The van der Waals surface area contributed by atoms with Crippen molar-refractivity contribution in [1.29, 1.82) is 0 Å². The SMILES string of the molecule is COc1c(Nc2nc(Nc3cnn(C)c3)ncc2C(=O)O)cccc1-c1nc2ccccc2o1. The van der Waals surface area contributed by atoms with Crippen molar-refractivity contribution in [1.82, 2.24) is 24.7 Å². The molecule has 0 aliphatic carbocycles. The maximum absolute atomic E-state index is 11.8. The summed E-state index contributed by atoms with van der Waals surface area (Å²) in [6, 6.07) is 12.8. The van der Waals surface area contributed by atoms with E-state index >= 15 is 0 Å². The quantitative estimate of drug-likeness (QED) is 0.325. The molecule has 11 nitrogen and oxygen atoms in total. The summed E-state index contributed by atoms with van der Waals surface area (Å²) in [7, 11) is 3.29. The topological polar surface area (TPSA) is 140 Å². The van der Waals surface area contributed by atoms with Crippen molar-refractivity contribution in [3.05, 3.63) is 66.6 Å². The highest BCUT2D eigenvalue weighted by Gasteiger charge is 2.20. The molecule has 0 bridgehead atoms. The van der Waals surface area contributed by atoms with E-state index in [4.69, 9.17) is 9.15 Å². The molecule has 0 radical (unpaired) electrons. The van der Waals surface area contributed by atoms with Crippen LogP contribution in [0.25, 0.3) is 22.6 Å².